The summed E-state index contributed by atoms with van der Waals surface area (Å²) < 4.78 is 32.7. The quantitative estimate of drug-likeness (QED) is 0.254. The number of amides is 2. The largest absolute Gasteiger partial charge is 0.451 e. The zero-order valence-electron chi connectivity index (χ0n) is 22.8. The molecule has 0 radical (unpaired) electrons. The second kappa shape index (κ2) is 15.3. The minimum absolute atomic E-state index is 0.0117. The van der Waals surface area contributed by atoms with Crippen LogP contribution in [0.4, 0.5) is 8.78 Å². The maximum atomic E-state index is 13.9. The Hall–Kier alpha value is -3.37. The van der Waals surface area contributed by atoms with Crippen molar-refractivity contribution < 1.29 is 27.9 Å². The predicted molar refractivity (Wildman–Crippen MR) is 145 cm³/mol. The number of nitrogens with one attached hydrogen (secondary N) is 2. The van der Waals surface area contributed by atoms with Crippen molar-refractivity contribution in [3.8, 4) is 0 Å². The van der Waals surface area contributed by atoms with Crippen LogP contribution in [-0.2, 0) is 32.0 Å². The first-order valence-electron chi connectivity index (χ1n) is 13.1. The first-order valence-corrected chi connectivity index (χ1v) is 13.1. The fourth-order valence-corrected chi connectivity index (χ4v) is 3.93. The Kier molecular flexibility index (Phi) is 12.5. The summed E-state index contributed by atoms with van der Waals surface area (Å²) >= 11 is 0. The Labute approximate surface area is 228 Å². The highest BCUT2D eigenvalue weighted by Gasteiger charge is 2.31. The summed E-state index contributed by atoms with van der Waals surface area (Å²) in [5, 5.41) is 5.57. The molecule has 0 bridgehead atoms. The summed E-state index contributed by atoms with van der Waals surface area (Å²) in [6.45, 7) is 5.91. The molecule has 0 heterocycles. The van der Waals surface area contributed by atoms with Crippen LogP contribution >= 0.6 is 0 Å². The first-order chi connectivity index (χ1) is 18.4. The number of benzene rings is 2. The Morgan fingerprint density at radius 3 is 2.31 bits per heavy atom. The van der Waals surface area contributed by atoms with E-state index in [0.717, 1.165) is 23.8 Å². The summed E-state index contributed by atoms with van der Waals surface area (Å²) in [4.78, 5) is 37.6. The third kappa shape index (κ3) is 11.5. The molecule has 0 fully saturated rings. The normalized spacial score (nSPS) is 13.7. The highest BCUT2D eigenvalue weighted by Crippen LogP contribution is 2.15. The van der Waals surface area contributed by atoms with Crippen molar-refractivity contribution >= 4 is 17.8 Å². The van der Waals surface area contributed by atoms with Gasteiger partial charge in [0.2, 0.25) is 5.91 Å². The van der Waals surface area contributed by atoms with Gasteiger partial charge < -0.3 is 26.8 Å². The zero-order chi connectivity index (χ0) is 29.0. The highest BCUT2D eigenvalue weighted by molar-refractivity contribution is 5.84. The summed E-state index contributed by atoms with van der Waals surface area (Å²) in [6, 6.07) is 11.0. The van der Waals surface area contributed by atoms with Gasteiger partial charge in [0, 0.05) is 32.0 Å². The molecule has 8 nitrogen and oxygen atoms in total. The van der Waals surface area contributed by atoms with Gasteiger partial charge in [-0.05, 0) is 54.0 Å². The van der Waals surface area contributed by atoms with Gasteiger partial charge in [-0.15, -0.1) is 0 Å². The van der Waals surface area contributed by atoms with E-state index < -0.39 is 47.1 Å². The third-order valence-electron chi connectivity index (χ3n) is 6.12. The van der Waals surface area contributed by atoms with Gasteiger partial charge in [-0.2, -0.15) is 0 Å². The van der Waals surface area contributed by atoms with Gasteiger partial charge in [-0.1, -0.05) is 51.1 Å². The summed E-state index contributed by atoms with van der Waals surface area (Å²) in [5.74, 6) is -2.51. The maximum absolute atomic E-state index is 13.9. The van der Waals surface area contributed by atoms with E-state index in [0.29, 0.717) is 12.8 Å². The lowest BCUT2D eigenvalue weighted by Gasteiger charge is -2.28. The van der Waals surface area contributed by atoms with E-state index in [4.69, 9.17) is 16.2 Å². The average molecular weight is 547 g/mol. The molecular formula is C29H40F2N4O4. The number of esters is 1. The number of ether oxygens (including phenoxy) is 1. The number of halogens is 2. The molecule has 0 aliphatic rings. The minimum atomic E-state index is -1.17. The van der Waals surface area contributed by atoms with Crippen LogP contribution in [-0.4, -0.2) is 49.1 Å². The van der Waals surface area contributed by atoms with E-state index in [1.54, 1.807) is 0 Å². The van der Waals surface area contributed by atoms with Crippen molar-refractivity contribution in [2.75, 3.05) is 13.1 Å². The van der Waals surface area contributed by atoms with Crippen LogP contribution in [0.15, 0.2) is 48.5 Å². The standard InChI is InChI=1S/C29H40F2N4O4/c1-4-8-26(37)39-27(24(33)13-19-9-6-5-7-10-19)28(38)35-18-29(2,3)17-34-25(36)16-22(32)15-20-14-21(30)11-12-23(20)31/h5-7,9-12,14,22,24,27H,4,8,13,15-18,32-33H2,1-3H3,(H,34,36)(H,35,38). The zero-order valence-corrected chi connectivity index (χ0v) is 22.8. The van der Waals surface area contributed by atoms with Crippen LogP contribution in [0.2, 0.25) is 0 Å². The molecule has 0 saturated heterocycles. The third-order valence-corrected chi connectivity index (χ3v) is 6.12. The van der Waals surface area contributed by atoms with Crippen molar-refractivity contribution in [3.63, 3.8) is 0 Å². The van der Waals surface area contributed by atoms with Crippen LogP contribution in [0.3, 0.4) is 0 Å². The fraction of sp³-hybridized carbons (Fsp3) is 0.483. The number of carbonyl (C=O) groups is 3. The van der Waals surface area contributed by atoms with Gasteiger partial charge in [-0.25, -0.2) is 8.78 Å². The Balaban J connectivity index is 1.89. The van der Waals surface area contributed by atoms with Crippen molar-refractivity contribution in [2.24, 2.45) is 16.9 Å². The van der Waals surface area contributed by atoms with E-state index in [-0.39, 0.29) is 43.8 Å². The molecule has 6 N–H and O–H groups in total. The molecular weight excluding hydrogens is 506 g/mol. The topological polar surface area (TPSA) is 137 Å². The van der Waals surface area contributed by atoms with Gasteiger partial charge >= 0.3 is 5.97 Å². The molecule has 3 unspecified atom stereocenters. The number of hydrogen-bond donors (Lipinski definition) is 4. The van der Waals surface area contributed by atoms with Crippen LogP contribution in [0, 0.1) is 17.0 Å². The maximum Gasteiger partial charge on any atom is 0.306 e. The number of hydrogen-bond acceptors (Lipinski definition) is 6. The van der Waals surface area contributed by atoms with Crippen molar-refractivity contribution in [2.45, 2.75) is 71.1 Å². The van der Waals surface area contributed by atoms with Gasteiger partial charge in [0.05, 0.1) is 6.04 Å². The molecule has 3 atom stereocenters. The molecule has 0 saturated carbocycles. The van der Waals surface area contributed by atoms with Crippen LogP contribution in [0.1, 0.15) is 51.2 Å². The molecule has 0 spiro atoms. The van der Waals surface area contributed by atoms with Crippen LogP contribution in [0.25, 0.3) is 0 Å². The second-order valence-corrected chi connectivity index (χ2v) is 10.6. The number of rotatable bonds is 15. The lowest BCUT2D eigenvalue weighted by Crippen LogP contribution is -2.52. The van der Waals surface area contributed by atoms with Crippen molar-refractivity contribution in [1.29, 1.82) is 0 Å². The van der Waals surface area contributed by atoms with E-state index in [9.17, 15) is 23.2 Å². The Morgan fingerprint density at radius 2 is 1.64 bits per heavy atom. The Bertz CT molecular complexity index is 1100. The minimum Gasteiger partial charge on any atom is -0.451 e. The number of carbonyl (C=O) groups excluding carboxylic acids is 3. The Morgan fingerprint density at radius 1 is 0.974 bits per heavy atom. The van der Waals surface area contributed by atoms with Crippen molar-refractivity contribution in [1.82, 2.24) is 10.6 Å². The van der Waals surface area contributed by atoms with Crippen LogP contribution in [0.5, 0.6) is 0 Å². The van der Waals surface area contributed by atoms with E-state index >= 15 is 0 Å². The SMILES string of the molecule is CCCC(=O)OC(C(=O)NCC(C)(C)CNC(=O)CC(N)Cc1cc(F)ccc1F)C(N)Cc1ccccc1. The predicted octanol–water partition coefficient (Wildman–Crippen LogP) is 2.77. The molecule has 0 aromatic heterocycles. The molecule has 10 heteroatoms. The van der Waals surface area contributed by atoms with Gasteiger partial charge in [0.1, 0.15) is 11.6 Å². The van der Waals surface area contributed by atoms with E-state index in [1.807, 2.05) is 51.1 Å². The molecule has 2 aromatic carbocycles. The van der Waals surface area contributed by atoms with E-state index in [1.165, 1.54) is 0 Å². The smallest absolute Gasteiger partial charge is 0.306 e. The molecule has 214 valence electrons. The monoisotopic (exact) mass is 546 g/mol. The molecule has 2 rings (SSSR count). The lowest BCUT2D eigenvalue weighted by atomic mass is 9.92. The van der Waals surface area contributed by atoms with Gasteiger partial charge in [0.15, 0.2) is 6.10 Å². The molecule has 2 amide bonds. The summed E-state index contributed by atoms with van der Waals surface area (Å²) in [5.41, 5.74) is 12.7. The van der Waals surface area contributed by atoms with Crippen LogP contribution < -0.4 is 22.1 Å². The summed E-state index contributed by atoms with van der Waals surface area (Å²) in [6.07, 6.45) is -0.143. The van der Waals surface area contributed by atoms with E-state index in [2.05, 4.69) is 10.6 Å². The molecule has 39 heavy (non-hydrogen) atoms. The molecule has 0 aliphatic carbocycles. The average Bonchev–Trinajstić information content (AvgIpc) is 2.87. The number of nitrogens with two attached hydrogens (primary N) is 2. The molecule has 2 aromatic rings. The highest BCUT2D eigenvalue weighted by atomic mass is 19.1. The van der Waals surface area contributed by atoms with Gasteiger partial charge in [-0.3, -0.25) is 14.4 Å². The lowest BCUT2D eigenvalue weighted by molar-refractivity contribution is -0.157. The fourth-order valence-electron chi connectivity index (χ4n) is 3.93. The van der Waals surface area contributed by atoms with Crippen molar-refractivity contribution in [3.05, 3.63) is 71.3 Å². The second-order valence-electron chi connectivity index (χ2n) is 10.6. The molecule has 0 aliphatic heterocycles. The first kappa shape index (κ1) is 31.8. The van der Waals surface area contributed by atoms with Gasteiger partial charge in [0.25, 0.3) is 5.91 Å². The summed E-state index contributed by atoms with van der Waals surface area (Å²) in [7, 11) is 0.